The fourth-order valence-corrected chi connectivity index (χ4v) is 6.85. The number of ketones is 1. The Kier molecular flexibility index (Phi) is 8.91. The lowest BCUT2D eigenvalue weighted by atomic mass is 9.94. The molecule has 1 N–H and O–H groups in total. The minimum Gasteiger partial charge on any atom is -0.367 e. The van der Waals surface area contributed by atoms with Gasteiger partial charge >= 0.3 is 0 Å². The van der Waals surface area contributed by atoms with Gasteiger partial charge in [-0.25, -0.2) is 4.98 Å². The Labute approximate surface area is 246 Å². The summed E-state index contributed by atoms with van der Waals surface area (Å²) in [5, 5.41) is 6.06. The number of hydrogen-bond acceptors (Lipinski definition) is 8. The van der Waals surface area contributed by atoms with E-state index in [1.807, 2.05) is 45.9 Å². The Morgan fingerprint density at radius 3 is 2.54 bits per heavy atom. The molecule has 0 saturated carbocycles. The lowest BCUT2D eigenvalue weighted by Gasteiger charge is -2.32. The fourth-order valence-electron chi connectivity index (χ4n) is 5.97. The van der Waals surface area contributed by atoms with Crippen molar-refractivity contribution in [2.45, 2.75) is 52.3 Å². The maximum Gasteiger partial charge on any atom is 0.251 e. The molecule has 1 aromatic carbocycles. The number of carbonyl (C=O) groups excluding carboxylic acids is 3. The van der Waals surface area contributed by atoms with Gasteiger partial charge in [0.2, 0.25) is 5.91 Å². The number of nitrogens with one attached hydrogen (secondary N) is 1. The highest BCUT2D eigenvalue weighted by Crippen LogP contribution is 2.36. The van der Waals surface area contributed by atoms with Gasteiger partial charge in [-0.15, -0.1) is 11.3 Å². The molecule has 0 spiro atoms. The molecule has 41 heavy (non-hydrogen) atoms. The van der Waals surface area contributed by atoms with E-state index >= 15 is 0 Å². The van der Waals surface area contributed by atoms with E-state index in [1.54, 1.807) is 28.4 Å². The predicted molar refractivity (Wildman–Crippen MR) is 161 cm³/mol. The van der Waals surface area contributed by atoms with Gasteiger partial charge in [0.25, 0.3) is 5.91 Å². The van der Waals surface area contributed by atoms with Crippen LogP contribution in [0.15, 0.2) is 41.3 Å². The lowest BCUT2D eigenvalue weighted by molar-refractivity contribution is -0.138. The third-order valence-electron chi connectivity index (χ3n) is 8.53. The van der Waals surface area contributed by atoms with Crippen LogP contribution in [-0.4, -0.2) is 96.9 Å². The average Bonchev–Trinajstić information content (AvgIpc) is 3.69. The average molecular weight is 580 g/mol. The summed E-state index contributed by atoms with van der Waals surface area (Å²) in [6.45, 7) is 12.4. The van der Waals surface area contributed by atoms with Gasteiger partial charge in [0.15, 0.2) is 10.9 Å². The molecule has 1 aromatic heterocycles. The third kappa shape index (κ3) is 6.24. The van der Waals surface area contributed by atoms with Crippen LogP contribution in [-0.2, 0) is 14.3 Å². The number of likely N-dealkylation sites (N-methyl/N-ethyl adjacent to an activating group) is 1. The van der Waals surface area contributed by atoms with Gasteiger partial charge in [-0.1, -0.05) is 37.6 Å². The second-order valence-corrected chi connectivity index (χ2v) is 12.7. The highest BCUT2D eigenvalue weighted by atomic mass is 32.1. The first-order valence-corrected chi connectivity index (χ1v) is 15.4. The number of Topliss-reactive ketones (excluding diaryl/α,β-unsaturated/α-hetero) is 1. The molecule has 2 aromatic rings. The van der Waals surface area contributed by atoms with Crippen molar-refractivity contribution in [2.24, 2.45) is 11.8 Å². The highest BCUT2D eigenvalue weighted by Gasteiger charge is 2.53. The molecule has 5 rings (SSSR count). The van der Waals surface area contributed by atoms with Crippen LogP contribution in [0.25, 0.3) is 11.3 Å². The number of thiazole rings is 1. The van der Waals surface area contributed by atoms with Gasteiger partial charge in [-0.05, 0) is 45.4 Å². The molecule has 3 aliphatic heterocycles. The first-order valence-electron chi connectivity index (χ1n) is 14.5. The molecular weight excluding hydrogens is 538 g/mol. The molecule has 9 nitrogen and oxygen atoms in total. The van der Waals surface area contributed by atoms with E-state index in [-0.39, 0.29) is 42.1 Å². The van der Waals surface area contributed by atoms with Crippen LogP contribution in [0.3, 0.4) is 0 Å². The number of amides is 2. The molecule has 0 aliphatic carbocycles. The highest BCUT2D eigenvalue weighted by molar-refractivity contribution is 7.14. The van der Waals surface area contributed by atoms with E-state index in [2.05, 4.69) is 27.5 Å². The Morgan fingerprint density at radius 2 is 1.88 bits per heavy atom. The van der Waals surface area contributed by atoms with E-state index in [4.69, 9.17) is 9.72 Å². The second kappa shape index (κ2) is 12.4. The Balaban J connectivity index is 1.28. The van der Waals surface area contributed by atoms with Crippen molar-refractivity contribution in [1.82, 2.24) is 20.1 Å². The molecule has 3 aliphatic rings. The molecule has 4 unspecified atom stereocenters. The summed E-state index contributed by atoms with van der Waals surface area (Å²) in [5.74, 6) is -0.447. The van der Waals surface area contributed by atoms with Crippen LogP contribution in [0.5, 0.6) is 0 Å². The zero-order valence-electron chi connectivity index (χ0n) is 24.6. The summed E-state index contributed by atoms with van der Waals surface area (Å²) in [6, 6.07) is 6.04. The van der Waals surface area contributed by atoms with E-state index in [1.165, 1.54) is 0 Å². The first kappa shape index (κ1) is 29.4. The van der Waals surface area contributed by atoms with Crippen LogP contribution in [0.2, 0.25) is 0 Å². The number of likely N-dealkylation sites (tertiary alicyclic amines) is 1. The molecule has 0 bridgehead atoms. The topological polar surface area (TPSA) is 95.1 Å². The number of aromatic nitrogens is 1. The van der Waals surface area contributed by atoms with Gasteiger partial charge in [0, 0.05) is 55.1 Å². The standard InChI is InChI=1S/C31H41N5O4S/c1-6-20(4)23-16-36(27-26(37)17-40-28(23)27)30(39)24(15-19(2)3)32-29(38)22-9-7-21(8-10-22)25-18-41-31(33-25)35-13-11-34(5)12-14-35/h6-10,18-19,23-24,27-28H,11-17H2,1-5H3,(H,32,38). The van der Waals surface area contributed by atoms with Gasteiger partial charge in [-0.3, -0.25) is 14.4 Å². The van der Waals surface area contributed by atoms with Crippen molar-refractivity contribution in [3.05, 3.63) is 46.9 Å². The summed E-state index contributed by atoms with van der Waals surface area (Å²) >= 11 is 1.64. The molecule has 2 amide bonds. The fraction of sp³-hybridized carbons (Fsp3) is 0.548. The predicted octanol–water partition coefficient (Wildman–Crippen LogP) is 3.47. The summed E-state index contributed by atoms with van der Waals surface area (Å²) in [4.78, 5) is 51.1. The number of hydrogen-bond donors (Lipinski definition) is 1. The van der Waals surface area contributed by atoms with Gasteiger partial charge in [0.1, 0.15) is 18.7 Å². The number of piperazine rings is 1. The first-order chi connectivity index (χ1) is 19.7. The normalized spacial score (nSPS) is 24.2. The van der Waals surface area contributed by atoms with Crippen LogP contribution >= 0.6 is 11.3 Å². The molecule has 0 radical (unpaired) electrons. The number of rotatable bonds is 8. The maximum atomic E-state index is 13.9. The summed E-state index contributed by atoms with van der Waals surface area (Å²) in [6.07, 6.45) is 2.16. The van der Waals surface area contributed by atoms with E-state index in [0.29, 0.717) is 18.5 Å². The third-order valence-corrected chi connectivity index (χ3v) is 9.43. The van der Waals surface area contributed by atoms with Crippen molar-refractivity contribution < 1.29 is 19.1 Å². The van der Waals surface area contributed by atoms with Crippen molar-refractivity contribution >= 4 is 34.1 Å². The molecule has 220 valence electrons. The zero-order chi connectivity index (χ0) is 29.3. The molecule has 3 saturated heterocycles. The largest absolute Gasteiger partial charge is 0.367 e. The number of carbonyl (C=O) groups is 3. The Bertz CT molecular complexity index is 1300. The quantitative estimate of drug-likeness (QED) is 0.479. The number of anilines is 1. The monoisotopic (exact) mass is 579 g/mol. The maximum absolute atomic E-state index is 13.9. The Morgan fingerprint density at radius 1 is 1.17 bits per heavy atom. The van der Waals surface area contributed by atoms with E-state index < -0.39 is 12.1 Å². The molecule has 4 atom stereocenters. The van der Waals surface area contributed by atoms with Crippen LogP contribution < -0.4 is 10.2 Å². The minimum atomic E-state index is -0.731. The smallest absolute Gasteiger partial charge is 0.251 e. The Hall–Kier alpha value is -3.08. The molecule has 10 heteroatoms. The van der Waals surface area contributed by atoms with Gasteiger partial charge in [0.05, 0.1) is 11.8 Å². The number of benzene rings is 1. The number of allylic oxidation sites excluding steroid dienone is 1. The van der Waals surface area contributed by atoms with Crippen molar-refractivity contribution in [3.8, 4) is 11.3 Å². The number of fused-ring (bicyclic) bond motifs is 1. The minimum absolute atomic E-state index is 0.0224. The van der Waals surface area contributed by atoms with Crippen LogP contribution in [0, 0.1) is 11.8 Å². The van der Waals surface area contributed by atoms with Crippen molar-refractivity contribution in [2.75, 3.05) is 51.3 Å². The zero-order valence-corrected chi connectivity index (χ0v) is 25.4. The van der Waals surface area contributed by atoms with E-state index in [9.17, 15) is 14.4 Å². The summed E-state index contributed by atoms with van der Waals surface area (Å²) in [7, 11) is 2.14. The van der Waals surface area contributed by atoms with E-state index in [0.717, 1.165) is 48.1 Å². The van der Waals surface area contributed by atoms with Gasteiger partial charge < -0.3 is 24.8 Å². The summed E-state index contributed by atoms with van der Waals surface area (Å²) in [5.41, 5.74) is 3.42. The SMILES string of the molecule is CC=C(C)C1CN(C(=O)C(CC(C)C)NC(=O)c2ccc(-c3csc(N4CCN(C)CC4)n3)cc2)C2C(=O)COC12. The number of ether oxygens (including phenoxy) is 1. The van der Waals surface area contributed by atoms with Crippen molar-refractivity contribution in [1.29, 1.82) is 0 Å². The van der Waals surface area contributed by atoms with Gasteiger partial charge in [-0.2, -0.15) is 0 Å². The molecule has 3 fully saturated rings. The number of nitrogens with zero attached hydrogens (tertiary/aromatic N) is 4. The lowest BCUT2D eigenvalue weighted by Crippen LogP contribution is -2.52. The molecular formula is C31H41N5O4S. The summed E-state index contributed by atoms with van der Waals surface area (Å²) < 4.78 is 5.82. The van der Waals surface area contributed by atoms with Crippen LogP contribution in [0.1, 0.15) is 44.5 Å². The van der Waals surface area contributed by atoms with Crippen molar-refractivity contribution in [3.63, 3.8) is 0 Å². The molecule has 4 heterocycles. The van der Waals surface area contributed by atoms with Crippen LogP contribution in [0.4, 0.5) is 5.13 Å². The second-order valence-electron chi connectivity index (χ2n) is 11.9.